The lowest BCUT2D eigenvalue weighted by molar-refractivity contribution is 0.108. The Morgan fingerprint density at radius 2 is 0.889 bits per heavy atom. The number of thioether (sulfide) groups is 3. The van der Waals surface area contributed by atoms with E-state index in [1.807, 2.05) is 84.9 Å². The van der Waals surface area contributed by atoms with Crippen molar-refractivity contribution in [1.82, 2.24) is 0 Å². The van der Waals surface area contributed by atoms with Crippen LogP contribution in [0.1, 0.15) is 31.1 Å². The average Bonchev–Trinajstić information content (AvgIpc) is 3.23. The first-order valence-corrected chi connectivity index (χ1v) is 26.7. The molecule has 0 fully saturated rings. The van der Waals surface area contributed by atoms with Gasteiger partial charge >= 0.3 is 0 Å². The highest BCUT2D eigenvalue weighted by Crippen LogP contribution is 2.39. The molecule has 0 aliphatic heterocycles. The summed E-state index contributed by atoms with van der Waals surface area (Å²) in [6, 6.07) is 38.4. The lowest BCUT2D eigenvalue weighted by Gasteiger charge is -2.15. The van der Waals surface area contributed by atoms with Gasteiger partial charge in [-0.25, -0.2) is 0 Å². The molecular weight excluding hydrogens is 925 g/mol. The van der Waals surface area contributed by atoms with Crippen LogP contribution >= 0.6 is 35.3 Å². The van der Waals surface area contributed by atoms with Crippen molar-refractivity contribution in [2.75, 3.05) is 34.5 Å². The monoisotopic (exact) mass is 960 g/mol. The van der Waals surface area contributed by atoms with Gasteiger partial charge in [0.2, 0.25) is 15.3 Å². The fourth-order valence-corrected chi connectivity index (χ4v) is 12.1. The zero-order valence-electron chi connectivity index (χ0n) is 32.8. The van der Waals surface area contributed by atoms with E-state index in [2.05, 4.69) is 0 Å². The molecule has 0 heterocycles. The molecule has 0 aliphatic rings. The number of hydrogen-bond acceptors (Lipinski definition) is 12. The van der Waals surface area contributed by atoms with Gasteiger partial charge in [-0.15, -0.1) is 0 Å². The molecule has 12 nitrogen and oxygen atoms in total. The predicted octanol–water partition coefficient (Wildman–Crippen LogP) is 9.43. The number of carbonyl (C=O) groups is 3. The Morgan fingerprint density at radius 3 is 1.51 bits per heavy atom. The molecule has 0 aromatic heterocycles. The number of rotatable bonds is 15. The second-order valence-corrected chi connectivity index (χ2v) is 22.2. The molecule has 7 aromatic rings. The van der Waals surface area contributed by atoms with Gasteiger partial charge < -0.3 is 0 Å². The van der Waals surface area contributed by atoms with Gasteiger partial charge in [-0.05, 0) is 108 Å². The quantitative estimate of drug-likeness (QED) is 0.0645. The van der Waals surface area contributed by atoms with Crippen molar-refractivity contribution < 1.29 is 53.3 Å². The molecule has 3 N–H and O–H groups in total. The minimum atomic E-state index is -4.34. The molecule has 0 atom stereocenters. The first-order chi connectivity index (χ1) is 29.8. The average molecular weight is 961 g/mol. The van der Waals surface area contributed by atoms with Gasteiger partial charge in [0, 0.05) is 33.9 Å². The van der Waals surface area contributed by atoms with E-state index in [0.717, 1.165) is 68.3 Å². The van der Waals surface area contributed by atoms with E-state index in [1.54, 1.807) is 42.5 Å². The third-order valence-electron chi connectivity index (χ3n) is 9.97. The van der Waals surface area contributed by atoms with E-state index in [0.29, 0.717) is 43.8 Å². The Kier molecular flexibility index (Phi) is 14.0. The van der Waals surface area contributed by atoms with Crippen molar-refractivity contribution in [1.29, 1.82) is 0 Å². The topological polar surface area (TPSA) is 214 Å². The van der Waals surface area contributed by atoms with Crippen LogP contribution in [0.5, 0.6) is 0 Å². The van der Waals surface area contributed by atoms with Gasteiger partial charge in [-0.3, -0.25) is 28.0 Å². The molecule has 0 amide bonds. The SMILES string of the molecule is O=C(SCCS(=O)(=O)O)c1ccc(-c2ccccc2-c2ccc3cc(-c4ccc5cc6ccccc6c(C(=O)SCCS(=O)(=O)O)c5c4)cc(C(=O)SCCS(=O)(=O)O)c3c2)cc1. The number of benzene rings is 7. The molecule has 7 rings (SSSR count). The molecule has 0 unspecified atom stereocenters. The summed E-state index contributed by atoms with van der Waals surface area (Å²) >= 11 is 2.32. The summed E-state index contributed by atoms with van der Waals surface area (Å²) in [5.74, 6) is -2.23. The molecule has 18 heteroatoms. The smallest absolute Gasteiger partial charge is 0.265 e. The Balaban J connectivity index is 1.30. The second-order valence-electron chi connectivity index (χ2n) is 14.3. The van der Waals surface area contributed by atoms with Gasteiger partial charge in [0.15, 0.2) is 0 Å². The molecule has 0 radical (unpaired) electrons. The van der Waals surface area contributed by atoms with Crippen molar-refractivity contribution in [3.63, 3.8) is 0 Å². The van der Waals surface area contributed by atoms with Crippen molar-refractivity contribution in [2.45, 2.75) is 0 Å². The zero-order chi connectivity index (χ0) is 45.1. The van der Waals surface area contributed by atoms with Crippen LogP contribution in [0.2, 0.25) is 0 Å². The van der Waals surface area contributed by atoms with Crippen LogP contribution in [0.3, 0.4) is 0 Å². The minimum Gasteiger partial charge on any atom is -0.286 e. The maximum Gasteiger partial charge on any atom is 0.265 e. The van der Waals surface area contributed by atoms with Gasteiger partial charge in [0.05, 0.1) is 17.3 Å². The second kappa shape index (κ2) is 19.1. The highest BCUT2D eigenvalue weighted by Gasteiger charge is 2.21. The maximum absolute atomic E-state index is 14.0. The molecule has 0 saturated heterocycles. The van der Waals surface area contributed by atoms with Crippen LogP contribution in [0, 0.1) is 0 Å². The van der Waals surface area contributed by atoms with Gasteiger partial charge in [0.1, 0.15) is 0 Å². The van der Waals surface area contributed by atoms with Crippen LogP contribution < -0.4 is 0 Å². The van der Waals surface area contributed by atoms with Crippen molar-refractivity contribution >= 4 is 113 Å². The molecular formula is C45H36O12S6. The summed E-state index contributed by atoms with van der Waals surface area (Å²) in [6.07, 6.45) is 0. The van der Waals surface area contributed by atoms with Crippen molar-refractivity contribution in [3.8, 4) is 33.4 Å². The summed E-state index contributed by atoms with van der Waals surface area (Å²) in [4.78, 5) is 40.5. The maximum atomic E-state index is 14.0. The Morgan fingerprint density at radius 1 is 0.413 bits per heavy atom. The third-order valence-corrected chi connectivity index (χ3v) is 15.6. The van der Waals surface area contributed by atoms with E-state index < -0.39 is 52.7 Å². The normalized spacial score (nSPS) is 12.2. The van der Waals surface area contributed by atoms with Gasteiger partial charge in [0.25, 0.3) is 30.4 Å². The first kappa shape index (κ1) is 46.1. The van der Waals surface area contributed by atoms with E-state index in [9.17, 15) is 48.7 Å². The largest absolute Gasteiger partial charge is 0.286 e. The molecule has 7 aromatic carbocycles. The fraction of sp³-hybridized carbons (Fsp3) is 0.133. The molecule has 0 aliphatic carbocycles. The summed E-state index contributed by atoms with van der Waals surface area (Å²) in [6.45, 7) is 0. The van der Waals surface area contributed by atoms with E-state index in [-0.39, 0.29) is 33.1 Å². The minimum absolute atomic E-state index is 0.0971. The molecule has 0 bridgehead atoms. The standard InChI is InChI=1S/C45H36O12S6/c46-43(58-17-20-61(49,50)51)29-11-9-28(10-12-29)36-6-3-4-7-37(36)34-16-15-32-24-35(27-41(39(32)26-34)44(47)59-18-21-62(52,53)54)30-13-14-33-23-31-5-1-2-8-38(31)42(40(33)25-30)45(48)60-19-22-63(55,56)57/h1-16,23-27H,17-22H2,(H,49,50,51)(H,52,53,54)(H,55,56,57). The third kappa shape index (κ3) is 11.6. The number of carbonyl (C=O) groups excluding carboxylic acids is 3. The fourth-order valence-electron chi connectivity index (χ4n) is 7.05. The highest BCUT2D eigenvalue weighted by atomic mass is 32.2. The Hall–Kier alpha value is -4.89. The predicted molar refractivity (Wildman–Crippen MR) is 255 cm³/mol. The summed E-state index contributed by atoms with van der Waals surface area (Å²) in [5.41, 5.74) is 5.39. The summed E-state index contributed by atoms with van der Waals surface area (Å²) in [7, 11) is -12.8. The molecule has 324 valence electrons. The van der Waals surface area contributed by atoms with Gasteiger partial charge in [-0.2, -0.15) is 25.3 Å². The zero-order valence-corrected chi connectivity index (χ0v) is 37.7. The van der Waals surface area contributed by atoms with Crippen LogP contribution in [0.25, 0.3) is 65.7 Å². The van der Waals surface area contributed by atoms with Crippen molar-refractivity contribution in [2.24, 2.45) is 0 Å². The van der Waals surface area contributed by atoms with E-state index in [1.165, 1.54) is 0 Å². The Bertz CT molecular complexity index is 3300. The first-order valence-electron chi connectivity index (χ1n) is 18.9. The summed E-state index contributed by atoms with van der Waals surface area (Å²) < 4.78 is 95.8. The van der Waals surface area contributed by atoms with Gasteiger partial charge in [-0.1, -0.05) is 120 Å². The number of hydrogen-bond donors (Lipinski definition) is 3. The molecule has 0 saturated carbocycles. The molecule has 63 heavy (non-hydrogen) atoms. The Labute approximate surface area is 376 Å². The highest BCUT2D eigenvalue weighted by molar-refractivity contribution is 8.15. The van der Waals surface area contributed by atoms with Crippen LogP contribution in [0.4, 0.5) is 0 Å². The number of fused-ring (bicyclic) bond motifs is 3. The lowest BCUT2D eigenvalue weighted by Crippen LogP contribution is -2.08. The molecule has 0 spiro atoms. The van der Waals surface area contributed by atoms with E-state index >= 15 is 0 Å². The lowest BCUT2D eigenvalue weighted by atomic mass is 9.90. The van der Waals surface area contributed by atoms with E-state index in [4.69, 9.17) is 4.55 Å². The van der Waals surface area contributed by atoms with Crippen LogP contribution in [-0.2, 0) is 30.4 Å². The van der Waals surface area contributed by atoms with Crippen LogP contribution in [-0.4, -0.2) is 88.8 Å². The summed E-state index contributed by atoms with van der Waals surface area (Å²) in [5, 5.41) is 2.86. The van der Waals surface area contributed by atoms with Crippen LogP contribution in [0.15, 0.2) is 127 Å². The van der Waals surface area contributed by atoms with Crippen molar-refractivity contribution in [3.05, 3.63) is 144 Å².